The second-order valence-corrected chi connectivity index (χ2v) is 11.7. The van der Waals surface area contributed by atoms with Crippen LogP contribution in [0.15, 0.2) is 34.3 Å². The van der Waals surface area contributed by atoms with E-state index in [1.54, 1.807) is 16.8 Å². The van der Waals surface area contributed by atoms with Gasteiger partial charge in [-0.1, -0.05) is 42.7 Å². The first-order valence-corrected chi connectivity index (χ1v) is 14.7. The van der Waals surface area contributed by atoms with E-state index in [1.165, 1.54) is 25.3 Å². The van der Waals surface area contributed by atoms with Crippen LogP contribution in [-0.2, 0) is 27.8 Å². The molecule has 0 bridgehead atoms. The van der Waals surface area contributed by atoms with Crippen molar-refractivity contribution in [3.05, 3.63) is 41.2 Å². The molecule has 2 unspecified atom stereocenters. The predicted octanol–water partition coefficient (Wildman–Crippen LogP) is -1.45. The number of hydrazone groups is 1. The van der Waals surface area contributed by atoms with E-state index < -0.39 is 52.4 Å². The predicted molar refractivity (Wildman–Crippen MR) is 146 cm³/mol. The molecule has 0 saturated carbocycles. The molecule has 222 valence electrons. The molecule has 1 saturated heterocycles. The van der Waals surface area contributed by atoms with Crippen LogP contribution in [0.5, 0.6) is 0 Å². The molecular weight excluding hydrogens is 542 g/mol. The van der Waals surface area contributed by atoms with Gasteiger partial charge in [0.05, 0.1) is 60.4 Å². The number of aliphatic hydroxyl groups is 4. The van der Waals surface area contributed by atoms with Crippen LogP contribution in [0.2, 0.25) is 0 Å². The minimum absolute atomic E-state index is 0.0481. The van der Waals surface area contributed by atoms with Crippen molar-refractivity contribution in [3.8, 4) is 0 Å². The van der Waals surface area contributed by atoms with Crippen LogP contribution in [0.25, 0.3) is 0 Å². The Morgan fingerprint density at radius 2 is 1.88 bits per heavy atom. The summed E-state index contributed by atoms with van der Waals surface area (Å²) in [6.07, 6.45) is 1.02. The van der Waals surface area contributed by atoms with E-state index in [0.29, 0.717) is 17.8 Å². The van der Waals surface area contributed by atoms with E-state index in [4.69, 9.17) is 0 Å². The quantitative estimate of drug-likeness (QED) is 0.0784. The Morgan fingerprint density at radius 1 is 1.20 bits per heavy atom. The number of rotatable bonds is 14. The summed E-state index contributed by atoms with van der Waals surface area (Å²) in [6.45, 7) is 5.00. The largest absolute Gasteiger partial charge is 0.395 e. The van der Waals surface area contributed by atoms with Gasteiger partial charge in [0.2, 0.25) is 10.0 Å². The first-order valence-electron chi connectivity index (χ1n) is 13.2. The van der Waals surface area contributed by atoms with E-state index in [-0.39, 0.29) is 18.0 Å². The lowest BCUT2D eigenvalue weighted by molar-refractivity contribution is -0.124. The van der Waals surface area contributed by atoms with E-state index in [2.05, 4.69) is 37.8 Å². The smallest absolute Gasteiger partial charge is 0.260 e. The number of nitrogens with one attached hydrogen (secondary N) is 3. The van der Waals surface area contributed by atoms with Gasteiger partial charge in [-0.15, -0.1) is 5.10 Å². The summed E-state index contributed by atoms with van der Waals surface area (Å²) in [5.41, 5.74) is 4.17. The SMILES string of the molecule is CCCCCc1c(/C=N/NC(=O)C(NS(=O)(=O)c2ccc(C)cc2)C(C)O)nnn1C[C@H]1N[C@H](CO)[C@@H](O)[C@@H]1O. The van der Waals surface area contributed by atoms with Crippen molar-refractivity contribution in [1.82, 2.24) is 30.5 Å². The van der Waals surface area contributed by atoms with Crippen molar-refractivity contribution in [2.45, 2.75) is 94.3 Å². The zero-order valence-electron chi connectivity index (χ0n) is 22.8. The van der Waals surface area contributed by atoms with Gasteiger partial charge in [-0.05, 0) is 38.8 Å². The van der Waals surface area contributed by atoms with Crippen LogP contribution in [0, 0.1) is 6.92 Å². The highest BCUT2D eigenvalue weighted by Crippen LogP contribution is 2.18. The van der Waals surface area contributed by atoms with Crippen LogP contribution in [-0.4, -0.2) is 99.0 Å². The summed E-state index contributed by atoms with van der Waals surface area (Å²) < 4.78 is 29.3. The highest BCUT2D eigenvalue weighted by atomic mass is 32.2. The molecular formula is C25H39N7O7S. The number of carbonyl (C=O) groups is 1. The number of hydrogen-bond acceptors (Lipinski definition) is 11. The first kappa shape index (κ1) is 31.7. The molecule has 2 heterocycles. The van der Waals surface area contributed by atoms with Crippen LogP contribution in [0.4, 0.5) is 0 Å². The Hall–Kier alpha value is -2.79. The fraction of sp³-hybridized carbons (Fsp3) is 0.600. The van der Waals surface area contributed by atoms with Gasteiger partial charge in [0.15, 0.2) is 0 Å². The summed E-state index contributed by atoms with van der Waals surface area (Å²) in [5.74, 6) is -0.871. The zero-order valence-corrected chi connectivity index (χ0v) is 23.6. The second-order valence-electron chi connectivity index (χ2n) is 9.99. The zero-order chi connectivity index (χ0) is 29.4. The molecule has 40 heavy (non-hydrogen) atoms. The minimum atomic E-state index is -4.09. The number of carbonyl (C=O) groups excluding carboxylic acids is 1. The molecule has 1 aromatic heterocycles. The Morgan fingerprint density at radius 3 is 2.48 bits per heavy atom. The van der Waals surface area contributed by atoms with Crippen molar-refractivity contribution < 1.29 is 33.6 Å². The van der Waals surface area contributed by atoms with Crippen molar-refractivity contribution >= 4 is 22.1 Å². The number of amides is 1. The standard InChI is InChI=1S/C25H39N7O7S/c1-4-5-6-7-21-18(28-31-32(21)13-19-23(35)24(36)20(14-33)27-19)12-26-29-25(37)22(16(3)34)30-40(38,39)17-10-8-15(2)9-11-17/h8-12,16,19-20,22-24,27,30,33-36H,4-7,13-14H2,1-3H3,(H,29,37)/b26-12+/t16?,19-,20-,22?,23-,24-/m1/s1. The molecule has 15 heteroatoms. The lowest BCUT2D eigenvalue weighted by Crippen LogP contribution is -2.51. The Balaban J connectivity index is 1.72. The van der Waals surface area contributed by atoms with E-state index >= 15 is 0 Å². The third-order valence-electron chi connectivity index (χ3n) is 6.79. The monoisotopic (exact) mass is 581 g/mol. The van der Waals surface area contributed by atoms with Crippen LogP contribution < -0.4 is 15.5 Å². The number of hydrogen-bond donors (Lipinski definition) is 7. The molecule has 6 atom stereocenters. The maximum absolute atomic E-state index is 12.8. The van der Waals surface area contributed by atoms with Crippen molar-refractivity contribution in [2.24, 2.45) is 5.10 Å². The maximum Gasteiger partial charge on any atom is 0.260 e. The van der Waals surface area contributed by atoms with Crippen LogP contribution in [0.1, 0.15) is 50.1 Å². The number of sulfonamides is 1. The molecule has 1 fully saturated rings. The Kier molecular flexibility index (Phi) is 11.3. The fourth-order valence-corrected chi connectivity index (χ4v) is 5.67. The fourth-order valence-electron chi connectivity index (χ4n) is 4.40. The number of aliphatic hydroxyl groups excluding tert-OH is 4. The topological polar surface area (TPSA) is 211 Å². The summed E-state index contributed by atoms with van der Waals surface area (Å²) >= 11 is 0. The van der Waals surface area contributed by atoms with Crippen LogP contribution >= 0.6 is 0 Å². The number of aryl methyl sites for hydroxylation is 1. The summed E-state index contributed by atoms with van der Waals surface area (Å²) in [6, 6.07) is 3.31. The minimum Gasteiger partial charge on any atom is -0.395 e. The number of unbranched alkanes of at least 4 members (excludes halogenated alkanes) is 2. The number of nitrogens with zero attached hydrogens (tertiary/aromatic N) is 4. The van der Waals surface area contributed by atoms with Crippen LogP contribution in [0.3, 0.4) is 0 Å². The van der Waals surface area contributed by atoms with Gasteiger partial charge in [0.1, 0.15) is 11.7 Å². The molecule has 0 radical (unpaired) electrons. The number of aromatic nitrogens is 3. The molecule has 1 aliphatic heterocycles. The lowest BCUT2D eigenvalue weighted by Gasteiger charge is -2.19. The number of benzene rings is 1. The van der Waals surface area contributed by atoms with E-state index in [1.807, 2.05) is 6.92 Å². The molecule has 3 rings (SSSR count). The molecule has 0 spiro atoms. The molecule has 0 aliphatic carbocycles. The van der Waals surface area contributed by atoms with Gasteiger partial charge >= 0.3 is 0 Å². The molecule has 7 N–H and O–H groups in total. The summed E-state index contributed by atoms with van der Waals surface area (Å²) in [7, 11) is -4.09. The van der Waals surface area contributed by atoms with Gasteiger partial charge in [0, 0.05) is 0 Å². The molecule has 1 aromatic carbocycles. The average molecular weight is 582 g/mol. The molecule has 14 nitrogen and oxygen atoms in total. The Labute approximate surface area is 233 Å². The average Bonchev–Trinajstić information content (AvgIpc) is 3.42. The molecule has 1 aliphatic rings. The highest BCUT2D eigenvalue weighted by molar-refractivity contribution is 7.89. The van der Waals surface area contributed by atoms with Gasteiger partial charge in [-0.3, -0.25) is 4.79 Å². The van der Waals surface area contributed by atoms with Gasteiger partial charge in [-0.2, -0.15) is 9.82 Å². The molecule has 1 amide bonds. The van der Waals surface area contributed by atoms with Gasteiger partial charge < -0.3 is 25.7 Å². The summed E-state index contributed by atoms with van der Waals surface area (Å²) in [4.78, 5) is 12.7. The van der Waals surface area contributed by atoms with Gasteiger partial charge in [0.25, 0.3) is 5.91 Å². The maximum atomic E-state index is 12.8. The van der Waals surface area contributed by atoms with Crippen molar-refractivity contribution in [1.29, 1.82) is 0 Å². The van der Waals surface area contributed by atoms with Gasteiger partial charge in [-0.25, -0.2) is 18.5 Å². The highest BCUT2D eigenvalue weighted by Gasteiger charge is 2.41. The lowest BCUT2D eigenvalue weighted by atomic mass is 10.1. The first-order chi connectivity index (χ1) is 19.0. The Bertz CT molecular complexity index is 1250. The normalized spacial score (nSPS) is 23.0. The van der Waals surface area contributed by atoms with E-state index in [0.717, 1.165) is 24.8 Å². The third kappa shape index (κ3) is 7.90. The molecule has 2 aromatic rings. The van der Waals surface area contributed by atoms with Crippen molar-refractivity contribution in [2.75, 3.05) is 6.61 Å². The van der Waals surface area contributed by atoms with Crippen molar-refractivity contribution in [3.63, 3.8) is 0 Å². The second kappa shape index (κ2) is 14.2. The van der Waals surface area contributed by atoms with E-state index in [9.17, 15) is 33.6 Å². The summed E-state index contributed by atoms with van der Waals surface area (Å²) in [5, 5.41) is 55.2. The third-order valence-corrected chi connectivity index (χ3v) is 8.25.